The molecule has 0 saturated heterocycles. The molecule has 0 bridgehead atoms. The van der Waals surface area contributed by atoms with E-state index in [1.165, 1.54) is 18.0 Å². The lowest BCUT2D eigenvalue weighted by molar-refractivity contribution is -0.141. The van der Waals surface area contributed by atoms with Crippen LogP contribution in [0, 0.1) is 0 Å². The van der Waals surface area contributed by atoms with E-state index in [1.54, 1.807) is 12.3 Å². The summed E-state index contributed by atoms with van der Waals surface area (Å²) in [6.45, 7) is 0. The molecular weight excluding hydrogens is 421 g/mol. The summed E-state index contributed by atoms with van der Waals surface area (Å²) in [5, 5.41) is 0. The van der Waals surface area contributed by atoms with E-state index < -0.39 is 11.9 Å². The van der Waals surface area contributed by atoms with Gasteiger partial charge in [-0.25, -0.2) is 0 Å². The molecule has 0 aliphatic carbocycles. The highest BCUT2D eigenvalue weighted by atomic mass is 32.2. The minimum absolute atomic E-state index is 0.464. The number of hydrogen-bond acceptors (Lipinski definition) is 4. The Kier molecular flexibility index (Phi) is 6.23. The van der Waals surface area contributed by atoms with Crippen LogP contribution in [-0.4, -0.2) is 9.97 Å². The zero-order valence-electron chi connectivity index (χ0n) is 16.2. The normalized spacial score (nSPS) is 11.3. The van der Waals surface area contributed by atoms with Gasteiger partial charge in [-0.3, -0.25) is 9.97 Å². The molecule has 156 valence electrons. The third kappa shape index (κ3) is 5.64. The van der Waals surface area contributed by atoms with Gasteiger partial charge < -0.3 is 4.74 Å². The highest BCUT2D eigenvalue weighted by Gasteiger charge is 2.32. The minimum atomic E-state index is -4.45. The van der Waals surface area contributed by atoms with E-state index in [1.807, 2.05) is 66.7 Å². The lowest BCUT2D eigenvalue weighted by Crippen LogP contribution is -2.07. The Labute approximate surface area is 182 Å². The number of para-hydroxylation sites is 1. The standard InChI is InChI=1S/C24H17F3N2OS/c25-24(26,27)23-14-22(12-13-28-23)31-16-19-9-6-18(15-29-19)17-7-10-21(11-8-17)30-20-4-2-1-3-5-20/h1-15H,16H2. The second-order valence-electron chi connectivity index (χ2n) is 6.64. The first-order chi connectivity index (χ1) is 15.0. The molecular formula is C24H17F3N2OS. The van der Waals surface area contributed by atoms with Crippen molar-refractivity contribution in [3.63, 3.8) is 0 Å². The molecule has 4 aromatic rings. The molecule has 0 unspecified atom stereocenters. The molecule has 0 atom stereocenters. The Bertz CT molecular complexity index is 1130. The van der Waals surface area contributed by atoms with Gasteiger partial charge in [-0.2, -0.15) is 13.2 Å². The van der Waals surface area contributed by atoms with E-state index in [4.69, 9.17) is 4.74 Å². The lowest BCUT2D eigenvalue weighted by Gasteiger charge is -2.08. The van der Waals surface area contributed by atoms with Gasteiger partial charge in [0.15, 0.2) is 0 Å². The molecule has 2 aromatic carbocycles. The quantitative estimate of drug-likeness (QED) is 0.297. The monoisotopic (exact) mass is 438 g/mol. The van der Waals surface area contributed by atoms with Crippen LogP contribution in [0.5, 0.6) is 11.5 Å². The van der Waals surface area contributed by atoms with Gasteiger partial charge in [0.05, 0.1) is 5.69 Å². The average Bonchev–Trinajstić information content (AvgIpc) is 2.79. The third-order valence-electron chi connectivity index (χ3n) is 4.40. The summed E-state index contributed by atoms with van der Waals surface area (Å²) >= 11 is 1.29. The summed E-state index contributed by atoms with van der Waals surface area (Å²) in [6, 6.07) is 23.7. The van der Waals surface area contributed by atoms with Crippen molar-refractivity contribution in [2.75, 3.05) is 0 Å². The first-order valence-electron chi connectivity index (χ1n) is 9.42. The zero-order chi connectivity index (χ0) is 21.7. The van der Waals surface area contributed by atoms with E-state index in [0.29, 0.717) is 10.6 Å². The summed E-state index contributed by atoms with van der Waals surface area (Å²) in [4.78, 5) is 8.32. The van der Waals surface area contributed by atoms with Crippen LogP contribution in [0.3, 0.4) is 0 Å². The van der Waals surface area contributed by atoms with Crippen molar-refractivity contribution in [2.45, 2.75) is 16.8 Å². The zero-order valence-corrected chi connectivity index (χ0v) is 17.0. The van der Waals surface area contributed by atoms with Crippen LogP contribution in [0.25, 0.3) is 11.1 Å². The van der Waals surface area contributed by atoms with Gasteiger partial charge in [-0.1, -0.05) is 36.4 Å². The highest BCUT2D eigenvalue weighted by molar-refractivity contribution is 7.98. The fourth-order valence-electron chi connectivity index (χ4n) is 2.83. The van der Waals surface area contributed by atoms with E-state index in [9.17, 15) is 13.2 Å². The van der Waals surface area contributed by atoms with E-state index in [-0.39, 0.29) is 0 Å². The second kappa shape index (κ2) is 9.22. The van der Waals surface area contributed by atoms with E-state index in [2.05, 4.69) is 9.97 Å². The smallest absolute Gasteiger partial charge is 0.433 e. The number of aromatic nitrogens is 2. The van der Waals surface area contributed by atoms with Gasteiger partial charge in [-0.05, 0) is 48.0 Å². The van der Waals surface area contributed by atoms with Crippen LogP contribution in [0.15, 0.2) is 96.2 Å². The Morgan fingerprint density at radius 1 is 0.774 bits per heavy atom. The Hall–Kier alpha value is -3.32. The topological polar surface area (TPSA) is 35.0 Å². The largest absolute Gasteiger partial charge is 0.457 e. The Morgan fingerprint density at radius 3 is 2.16 bits per heavy atom. The molecule has 0 fully saturated rings. The van der Waals surface area contributed by atoms with Crippen molar-refractivity contribution in [1.82, 2.24) is 9.97 Å². The lowest BCUT2D eigenvalue weighted by atomic mass is 10.1. The fourth-order valence-corrected chi connectivity index (χ4v) is 3.67. The molecule has 0 aliphatic rings. The van der Waals surface area contributed by atoms with Crippen molar-refractivity contribution in [3.8, 4) is 22.6 Å². The van der Waals surface area contributed by atoms with Gasteiger partial charge in [0.1, 0.15) is 17.2 Å². The van der Waals surface area contributed by atoms with Crippen molar-refractivity contribution >= 4 is 11.8 Å². The number of rotatable bonds is 6. The summed E-state index contributed by atoms with van der Waals surface area (Å²) in [5.74, 6) is 1.98. The maximum Gasteiger partial charge on any atom is 0.433 e. The number of hydrogen-bond donors (Lipinski definition) is 0. The molecule has 4 rings (SSSR count). The van der Waals surface area contributed by atoms with E-state index >= 15 is 0 Å². The van der Waals surface area contributed by atoms with Crippen LogP contribution in [0.1, 0.15) is 11.4 Å². The molecule has 0 N–H and O–H groups in total. The first kappa shape index (κ1) is 20.9. The van der Waals surface area contributed by atoms with Crippen molar-refractivity contribution in [1.29, 1.82) is 0 Å². The van der Waals surface area contributed by atoms with Crippen molar-refractivity contribution < 1.29 is 17.9 Å². The van der Waals surface area contributed by atoms with Crippen LogP contribution in [0.4, 0.5) is 13.2 Å². The number of benzene rings is 2. The minimum Gasteiger partial charge on any atom is -0.457 e. The maximum atomic E-state index is 12.8. The van der Waals surface area contributed by atoms with Crippen molar-refractivity contribution in [3.05, 3.63) is 103 Å². The summed E-state index contributed by atoms with van der Waals surface area (Å²) in [5.41, 5.74) is 1.84. The summed E-state index contributed by atoms with van der Waals surface area (Å²) in [6.07, 6.45) is -1.51. The second-order valence-corrected chi connectivity index (χ2v) is 7.69. The molecule has 0 aliphatic heterocycles. The van der Waals surface area contributed by atoms with E-state index in [0.717, 1.165) is 34.4 Å². The average molecular weight is 438 g/mol. The SMILES string of the molecule is FC(F)(F)c1cc(SCc2ccc(-c3ccc(Oc4ccccc4)cc3)cn2)ccn1. The number of alkyl halides is 3. The van der Waals surface area contributed by atoms with Crippen molar-refractivity contribution in [2.24, 2.45) is 0 Å². The van der Waals surface area contributed by atoms with Crippen LogP contribution in [0.2, 0.25) is 0 Å². The molecule has 0 saturated carbocycles. The van der Waals surface area contributed by atoms with Gasteiger partial charge in [0.2, 0.25) is 0 Å². The Balaban J connectivity index is 1.38. The fraction of sp³-hybridized carbons (Fsp3) is 0.0833. The molecule has 7 heteroatoms. The van der Waals surface area contributed by atoms with Crippen LogP contribution >= 0.6 is 11.8 Å². The maximum absolute atomic E-state index is 12.8. The van der Waals surface area contributed by atoms with Crippen LogP contribution in [-0.2, 0) is 11.9 Å². The molecule has 3 nitrogen and oxygen atoms in total. The number of halogens is 3. The molecule has 2 aromatic heterocycles. The predicted octanol–water partition coefficient (Wildman–Crippen LogP) is 7.25. The van der Waals surface area contributed by atoms with Gasteiger partial charge in [-0.15, -0.1) is 11.8 Å². The number of thioether (sulfide) groups is 1. The third-order valence-corrected chi connectivity index (χ3v) is 5.43. The predicted molar refractivity (Wildman–Crippen MR) is 115 cm³/mol. The first-order valence-corrected chi connectivity index (χ1v) is 10.4. The number of pyridine rings is 2. The van der Waals surface area contributed by atoms with Crippen LogP contribution < -0.4 is 4.74 Å². The number of ether oxygens (including phenoxy) is 1. The Morgan fingerprint density at radius 2 is 1.48 bits per heavy atom. The van der Waals surface area contributed by atoms with Gasteiger partial charge >= 0.3 is 6.18 Å². The summed E-state index contributed by atoms with van der Waals surface area (Å²) < 4.78 is 44.1. The summed E-state index contributed by atoms with van der Waals surface area (Å²) in [7, 11) is 0. The molecule has 0 radical (unpaired) electrons. The molecule has 31 heavy (non-hydrogen) atoms. The molecule has 0 amide bonds. The highest BCUT2D eigenvalue weighted by Crippen LogP contribution is 2.31. The van der Waals surface area contributed by atoms with Gasteiger partial charge in [0.25, 0.3) is 0 Å². The van der Waals surface area contributed by atoms with Gasteiger partial charge in [0, 0.05) is 28.6 Å². The molecule has 0 spiro atoms. The molecule has 2 heterocycles. The number of nitrogens with zero attached hydrogens (tertiary/aromatic N) is 2.